The van der Waals surface area contributed by atoms with Crippen molar-refractivity contribution in [1.29, 1.82) is 0 Å². The molecule has 0 spiro atoms. The molecule has 31 heavy (non-hydrogen) atoms. The number of aromatic nitrogens is 1. The van der Waals surface area contributed by atoms with Gasteiger partial charge in [0.1, 0.15) is 17.3 Å². The van der Waals surface area contributed by atoms with Gasteiger partial charge >= 0.3 is 5.97 Å². The van der Waals surface area contributed by atoms with Crippen LogP contribution < -0.4 is 4.74 Å². The molecule has 0 bridgehead atoms. The maximum absolute atomic E-state index is 11.8. The lowest BCUT2D eigenvalue weighted by Gasteiger charge is -2.05. The molecule has 156 valence electrons. The number of methoxy groups -OCH3 is 2. The van der Waals surface area contributed by atoms with E-state index in [9.17, 15) is 4.79 Å². The average Bonchev–Trinajstić information content (AvgIpc) is 3.27. The van der Waals surface area contributed by atoms with Crippen molar-refractivity contribution in [2.75, 3.05) is 14.2 Å². The molecule has 0 atom stereocenters. The quantitative estimate of drug-likeness (QED) is 0.260. The Morgan fingerprint density at radius 2 is 1.74 bits per heavy atom. The largest absolute Gasteiger partial charge is 0.497 e. The van der Waals surface area contributed by atoms with Crippen molar-refractivity contribution < 1.29 is 18.7 Å². The van der Waals surface area contributed by atoms with Gasteiger partial charge in [-0.1, -0.05) is 24.3 Å². The fraction of sp³-hybridized carbons (Fsp3) is 0.120. The first-order chi connectivity index (χ1) is 15.2. The summed E-state index contributed by atoms with van der Waals surface area (Å²) < 4.78 is 16.5. The number of carbonyl (C=O) groups is 1. The van der Waals surface area contributed by atoms with E-state index >= 15 is 0 Å². The average molecular weight is 432 g/mol. The maximum Gasteiger partial charge on any atom is 0.337 e. The Bertz CT molecular complexity index is 1170. The Morgan fingerprint density at radius 1 is 0.968 bits per heavy atom. The molecule has 2 aromatic carbocycles. The first-order valence-electron chi connectivity index (χ1n) is 9.66. The van der Waals surface area contributed by atoms with Gasteiger partial charge in [0.2, 0.25) is 0 Å². The maximum atomic E-state index is 11.8. The molecule has 0 amide bonds. The highest BCUT2D eigenvalue weighted by Crippen LogP contribution is 2.37. The minimum Gasteiger partial charge on any atom is -0.497 e. The third-order valence-corrected chi connectivity index (χ3v) is 5.84. The molecule has 0 saturated carbocycles. The molecule has 0 radical (unpaired) electrons. The summed E-state index contributed by atoms with van der Waals surface area (Å²) in [5, 5.41) is 0. The van der Waals surface area contributed by atoms with Gasteiger partial charge in [-0.05, 0) is 42.5 Å². The number of pyridine rings is 1. The van der Waals surface area contributed by atoms with Crippen molar-refractivity contribution in [3.05, 3.63) is 90.3 Å². The molecule has 4 aromatic rings. The van der Waals surface area contributed by atoms with E-state index in [0.717, 1.165) is 44.6 Å². The number of hydrogen-bond donors (Lipinski definition) is 0. The molecule has 0 aliphatic heterocycles. The summed E-state index contributed by atoms with van der Waals surface area (Å²) in [7, 11) is 3.02. The molecule has 2 aromatic heterocycles. The summed E-state index contributed by atoms with van der Waals surface area (Å²) >= 11 is 1.71. The van der Waals surface area contributed by atoms with Gasteiger partial charge in [0.25, 0.3) is 0 Å². The smallest absolute Gasteiger partial charge is 0.337 e. The van der Waals surface area contributed by atoms with Crippen molar-refractivity contribution in [3.63, 3.8) is 0 Å². The van der Waals surface area contributed by atoms with Crippen LogP contribution >= 0.6 is 11.8 Å². The first kappa shape index (κ1) is 20.8. The summed E-state index contributed by atoms with van der Waals surface area (Å²) in [6.07, 6.45) is 3.57. The molecule has 0 unspecified atom stereocenters. The van der Waals surface area contributed by atoms with Crippen LogP contribution in [-0.2, 0) is 10.5 Å². The van der Waals surface area contributed by atoms with E-state index in [2.05, 4.69) is 11.1 Å². The third-order valence-electron chi connectivity index (χ3n) is 4.78. The van der Waals surface area contributed by atoms with Crippen LogP contribution in [0.5, 0.6) is 5.75 Å². The molecule has 0 saturated heterocycles. The lowest BCUT2D eigenvalue weighted by molar-refractivity contribution is 0.0600. The van der Waals surface area contributed by atoms with Gasteiger partial charge in [-0.25, -0.2) is 4.79 Å². The number of carbonyl (C=O) groups excluding carboxylic acids is 1. The van der Waals surface area contributed by atoms with Gasteiger partial charge < -0.3 is 13.9 Å². The lowest BCUT2D eigenvalue weighted by Crippen LogP contribution is -2.00. The van der Waals surface area contributed by atoms with Crippen LogP contribution in [0.25, 0.3) is 22.6 Å². The van der Waals surface area contributed by atoms with Crippen LogP contribution in [0.2, 0.25) is 0 Å². The predicted octanol–water partition coefficient (Wildman–Crippen LogP) is 6.10. The van der Waals surface area contributed by atoms with E-state index in [-0.39, 0.29) is 5.97 Å². The number of thioether (sulfide) groups is 1. The summed E-state index contributed by atoms with van der Waals surface area (Å²) in [4.78, 5) is 17.0. The Labute approximate surface area is 185 Å². The minimum absolute atomic E-state index is 0.364. The molecule has 5 nitrogen and oxygen atoms in total. The van der Waals surface area contributed by atoms with Crippen molar-refractivity contribution in [3.8, 4) is 28.4 Å². The first-order valence-corrected chi connectivity index (χ1v) is 10.6. The van der Waals surface area contributed by atoms with Crippen LogP contribution in [0.3, 0.4) is 0 Å². The number of furan rings is 1. The molecule has 4 rings (SSSR count). The zero-order chi connectivity index (χ0) is 21.6. The second-order valence-corrected chi connectivity index (χ2v) is 7.79. The monoisotopic (exact) mass is 431 g/mol. The number of hydrogen-bond acceptors (Lipinski definition) is 6. The number of esters is 1. The minimum atomic E-state index is -0.364. The van der Waals surface area contributed by atoms with Crippen LogP contribution in [0.1, 0.15) is 15.9 Å². The number of benzene rings is 2. The fourth-order valence-electron chi connectivity index (χ4n) is 3.17. The summed E-state index contributed by atoms with van der Waals surface area (Å²) in [5.41, 5.74) is 3.39. The zero-order valence-electron chi connectivity index (χ0n) is 17.2. The lowest BCUT2D eigenvalue weighted by atomic mass is 10.1. The number of rotatable bonds is 7. The summed E-state index contributed by atoms with van der Waals surface area (Å²) in [5.74, 6) is 2.67. The van der Waals surface area contributed by atoms with Crippen molar-refractivity contribution in [2.24, 2.45) is 0 Å². The number of nitrogens with zero attached hydrogens (tertiary/aromatic N) is 1. The highest BCUT2D eigenvalue weighted by Gasteiger charge is 2.16. The molecular formula is C25H21NO4S. The van der Waals surface area contributed by atoms with Gasteiger partial charge in [-0.2, -0.15) is 0 Å². The molecule has 0 N–H and O–H groups in total. The molecule has 6 heteroatoms. The van der Waals surface area contributed by atoms with E-state index in [0.29, 0.717) is 5.56 Å². The van der Waals surface area contributed by atoms with E-state index in [1.165, 1.54) is 7.11 Å². The van der Waals surface area contributed by atoms with Gasteiger partial charge in [-0.15, -0.1) is 11.8 Å². The Hall–Kier alpha value is -3.51. The second-order valence-electron chi connectivity index (χ2n) is 6.74. The molecular weight excluding hydrogens is 410 g/mol. The second kappa shape index (κ2) is 9.53. The standard InChI is InChI=1S/C25H21NO4S/c1-28-21-5-3-4-19(14-21)23-15-20(16-31-22-10-12-26-13-11-22)24(30-23)17-6-8-18(9-7-17)25(27)29-2/h3-15H,16H2,1-2H3. The normalized spacial score (nSPS) is 10.6. The Kier molecular flexibility index (Phi) is 6.38. The molecule has 0 fully saturated rings. The van der Waals surface area contributed by atoms with E-state index in [4.69, 9.17) is 13.9 Å². The van der Waals surface area contributed by atoms with Gasteiger partial charge in [0.05, 0.1) is 19.8 Å². The van der Waals surface area contributed by atoms with Gasteiger partial charge in [-0.3, -0.25) is 4.98 Å². The SMILES string of the molecule is COC(=O)c1ccc(-c2oc(-c3cccc(OC)c3)cc2CSc2ccncc2)cc1. The van der Waals surface area contributed by atoms with Crippen molar-refractivity contribution >= 4 is 17.7 Å². The van der Waals surface area contributed by atoms with Gasteiger partial charge in [0, 0.05) is 39.7 Å². The van der Waals surface area contributed by atoms with E-state index < -0.39 is 0 Å². The molecule has 2 heterocycles. The zero-order valence-corrected chi connectivity index (χ0v) is 18.0. The predicted molar refractivity (Wildman–Crippen MR) is 121 cm³/mol. The summed E-state index contributed by atoms with van der Waals surface area (Å²) in [6, 6.07) is 21.1. The highest BCUT2D eigenvalue weighted by atomic mass is 32.2. The molecule has 0 aliphatic carbocycles. The van der Waals surface area contributed by atoms with Crippen LogP contribution in [-0.4, -0.2) is 25.2 Å². The van der Waals surface area contributed by atoms with Crippen LogP contribution in [0.4, 0.5) is 0 Å². The highest BCUT2D eigenvalue weighted by molar-refractivity contribution is 7.98. The van der Waals surface area contributed by atoms with Crippen LogP contribution in [0.15, 0.2) is 88.4 Å². The van der Waals surface area contributed by atoms with Gasteiger partial charge in [0.15, 0.2) is 0 Å². The summed E-state index contributed by atoms with van der Waals surface area (Å²) in [6.45, 7) is 0. The third kappa shape index (κ3) is 4.81. The van der Waals surface area contributed by atoms with Crippen molar-refractivity contribution in [1.82, 2.24) is 4.98 Å². The Balaban J connectivity index is 1.70. The fourth-order valence-corrected chi connectivity index (χ4v) is 4.02. The number of ether oxygens (including phenoxy) is 2. The molecule has 0 aliphatic rings. The Morgan fingerprint density at radius 3 is 2.45 bits per heavy atom. The van der Waals surface area contributed by atoms with Crippen molar-refractivity contribution in [2.45, 2.75) is 10.6 Å². The topological polar surface area (TPSA) is 61.6 Å². The van der Waals surface area contributed by atoms with E-state index in [1.54, 1.807) is 43.4 Å². The van der Waals surface area contributed by atoms with Crippen LogP contribution in [0, 0.1) is 0 Å². The van der Waals surface area contributed by atoms with E-state index in [1.807, 2.05) is 48.5 Å².